The molecule has 0 bridgehead atoms. The van der Waals surface area contributed by atoms with Crippen LogP contribution < -0.4 is 5.32 Å². The number of aryl methyl sites for hydroxylation is 1. The molecule has 1 unspecified atom stereocenters. The molecule has 1 aliphatic rings. The maximum Gasteiger partial charge on any atom is 0.222 e. The minimum Gasteiger partial charge on any atom is -0.353 e. The highest BCUT2D eigenvalue weighted by atomic mass is 16.2. The average Bonchev–Trinajstić information content (AvgIpc) is 2.12. The van der Waals surface area contributed by atoms with Crippen LogP contribution in [0.1, 0.15) is 18.4 Å². The maximum atomic E-state index is 10.6. The smallest absolute Gasteiger partial charge is 0.222 e. The summed E-state index contributed by atoms with van der Waals surface area (Å²) in [5, 5.41) is 2.87. The molecule has 1 aromatic carbocycles. The van der Waals surface area contributed by atoms with Crippen molar-refractivity contribution < 1.29 is 4.79 Å². The highest BCUT2D eigenvalue weighted by Crippen LogP contribution is 2.12. The second-order valence-corrected chi connectivity index (χ2v) is 3.49. The number of hydrogen-bond donors (Lipinski definition) is 1. The van der Waals surface area contributed by atoms with Gasteiger partial charge in [-0.2, -0.15) is 0 Å². The lowest BCUT2D eigenvalue weighted by Crippen LogP contribution is -2.48. The van der Waals surface area contributed by atoms with Gasteiger partial charge >= 0.3 is 0 Å². The summed E-state index contributed by atoms with van der Waals surface area (Å²) >= 11 is 0. The summed E-state index contributed by atoms with van der Waals surface area (Å²) in [6, 6.07) is 10.8. The molecule has 0 aromatic heterocycles. The molecule has 2 heteroatoms. The summed E-state index contributed by atoms with van der Waals surface area (Å²) in [6.07, 6.45) is 2.84. The van der Waals surface area contributed by atoms with Gasteiger partial charge in [0.15, 0.2) is 0 Å². The third-order valence-electron chi connectivity index (χ3n) is 2.42. The molecule has 1 N–H and O–H groups in total. The van der Waals surface area contributed by atoms with Crippen LogP contribution >= 0.6 is 0 Å². The Bertz CT molecular complexity index is 286. The zero-order valence-electron chi connectivity index (χ0n) is 7.49. The second-order valence-electron chi connectivity index (χ2n) is 3.49. The topological polar surface area (TPSA) is 29.1 Å². The highest BCUT2D eigenvalue weighted by Gasteiger charge is 2.24. The molecule has 2 rings (SSSR count). The number of nitrogens with one attached hydrogen (secondary N) is 1. The number of β-lactam (4-membered cyclic amide) rings is 1. The lowest BCUT2D eigenvalue weighted by Gasteiger charge is -2.26. The molecule has 2 nitrogen and oxygen atoms in total. The number of hydrogen-bond acceptors (Lipinski definition) is 1. The lowest BCUT2D eigenvalue weighted by atomic mass is 9.98. The Morgan fingerprint density at radius 3 is 2.62 bits per heavy atom. The van der Waals surface area contributed by atoms with Crippen LogP contribution in [0.2, 0.25) is 0 Å². The number of rotatable bonds is 3. The molecule has 1 saturated heterocycles. The summed E-state index contributed by atoms with van der Waals surface area (Å²) in [4.78, 5) is 10.6. The van der Waals surface area contributed by atoms with Crippen molar-refractivity contribution in [2.24, 2.45) is 0 Å². The Morgan fingerprint density at radius 1 is 1.31 bits per heavy atom. The van der Waals surface area contributed by atoms with Crippen molar-refractivity contribution in [1.82, 2.24) is 5.32 Å². The van der Waals surface area contributed by atoms with Gasteiger partial charge in [0, 0.05) is 12.5 Å². The second kappa shape index (κ2) is 3.60. The molecular weight excluding hydrogens is 162 g/mol. The number of amides is 1. The Morgan fingerprint density at radius 2 is 2.00 bits per heavy atom. The monoisotopic (exact) mass is 175 g/mol. The predicted molar refractivity (Wildman–Crippen MR) is 51.3 cm³/mol. The van der Waals surface area contributed by atoms with Gasteiger partial charge in [0.2, 0.25) is 5.91 Å². The molecule has 1 fully saturated rings. The SMILES string of the molecule is O=C1CC(CCc2ccccc2)N1. The van der Waals surface area contributed by atoms with Gasteiger partial charge in [-0.1, -0.05) is 30.3 Å². The van der Waals surface area contributed by atoms with Gasteiger partial charge in [-0.3, -0.25) is 4.79 Å². The van der Waals surface area contributed by atoms with Crippen LogP contribution in [0.3, 0.4) is 0 Å². The Labute approximate surface area is 78.0 Å². The van der Waals surface area contributed by atoms with Crippen molar-refractivity contribution in [3.63, 3.8) is 0 Å². The van der Waals surface area contributed by atoms with Crippen molar-refractivity contribution in [2.75, 3.05) is 0 Å². The van der Waals surface area contributed by atoms with Gasteiger partial charge in [0.25, 0.3) is 0 Å². The standard InChI is InChI=1S/C11H13NO/c13-11-8-10(12-11)7-6-9-4-2-1-3-5-9/h1-5,10H,6-8H2,(H,12,13). The Hall–Kier alpha value is -1.31. The summed E-state index contributed by atoms with van der Waals surface area (Å²) in [6.45, 7) is 0. The lowest BCUT2D eigenvalue weighted by molar-refractivity contribution is -0.128. The first-order valence-corrected chi connectivity index (χ1v) is 4.68. The van der Waals surface area contributed by atoms with E-state index in [2.05, 4.69) is 29.6 Å². The minimum absolute atomic E-state index is 0.193. The Balaban J connectivity index is 1.77. The van der Waals surface area contributed by atoms with E-state index in [0.29, 0.717) is 12.5 Å². The quantitative estimate of drug-likeness (QED) is 0.693. The van der Waals surface area contributed by atoms with Crippen LogP contribution in [0.25, 0.3) is 0 Å². The fraction of sp³-hybridized carbons (Fsp3) is 0.364. The molecule has 0 radical (unpaired) electrons. The van der Waals surface area contributed by atoms with Crippen LogP contribution in [0.5, 0.6) is 0 Å². The number of benzene rings is 1. The third-order valence-corrected chi connectivity index (χ3v) is 2.42. The van der Waals surface area contributed by atoms with E-state index in [1.54, 1.807) is 0 Å². The summed E-state index contributed by atoms with van der Waals surface area (Å²) in [7, 11) is 0. The van der Waals surface area contributed by atoms with E-state index < -0.39 is 0 Å². The van der Waals surface area contributed by atoms with E-state index in [9.17, 15) is 4.79 Å². The van der Waals surface area contributed by atoms with Crippen LogP contribution in [0.4, 0.5) is 0 Å². The molecule has 1 atom stereocenters. The molecule has 0 aliphatic carbocycles. The van der Waals surface area contributed by atoms with Crippen molar-refractivity contribution >= 4 is 5.91 Å². The molecule has 1 heterocycles. The Kier molecular flexibility index (Phi) is 2.30. The molecule has 1 aliphatic heterocycles. The highest BCUT2D eigenvalue weighted by molar-refractivity contribution is 5.82. The fourth-order valence-corrected chi connectivity index (χ4v) is 1.59. The van der Waals surface area contributed by atoms with Gasteiger partial charge in [0.1, 0.15) is 0 Å². The number of carbonyl (C=O) groups excluding carboxylic acids is 1. The first kappa shape index (κ1) is 8.30. The van der Waals surface area contributed by atoms with E-state index >= 15 is 0 Å². The van der Waals surface area contributed by atoms with E-state index in [-0.39, 0.29) is 5.91 Å². The van der Waals surface area contributed by atoms with Gasteiger partial charge in [-0.25, -0.2) is 0 Å². The van der Waals surface area contributed by atoms with E-state index in [0.717, 1.165) is 12.8 Å². The van der Waals surface area contributed by atoms with Crippen molar-refractivity contribution in [3.05, 3.63) is 35.9 Å². The first-order chi connectivity index (χ1) is 6.34. The molecule has 0 saturated carbocycles. The van der Waals surface area contributed by atoms with Crippen LogP contribution in [-0.4, -0.2) is 11.9 Å². The van der Waals surface area contributed by atoms with Gasteiger partial charge in [-0.15, -0.1) is 0 Å². The average molecular weight is 175 g/mol. The molecule has 0 spiro atoms. The fourth-order valence-electron chi connectivity index (χ4n) is 1.59. The summed E-state index contributed by atoms with van der Waals surface area (Å²) < 4.78 is 0. The molecule has 1 aromatic rings. The van der Waals surface area contributed by atoms with Crippen molar-refractivity contribution in [2.45, 2.75) is 25.3 Å². The predicted octanol–water partition coefficient (Wildman–Crippen LogP) is 1.51. The number of carbonyl (C=O) groups is 1. The molecular formula is C11H13NO. The third kappa shape index (κ3) is 2.08. The van der Waals surface area contributed by atoms with Crippen molar-refractivity contribution in [1.29, 1.82) is 0 Å². The van der Waals surface area contributed by atoms with Crippen LogP contribution in [0.15, 0.2) is 30.3 Å². The first-order valence-electron chi connectivity index (χ1n) is 4.68. The van der Waals surface area contributed by atoms with E-state index in [1.165, 1.54) is 5.56 Å². The van der Waals surface area contributed by atoms with Gasteiger partial charge < -0.3 is 5.32 Å². The van der Waals surface area contributed by atoms with E-state index in [1.807, 2.05) is 6.07 Å². The molecule has 1 amide bonds. The van der Waals surface area contributed by atoms with Gasteiger partial charge in [-0.05, 0) is 18.4 Å². The van der Waals surface area contributed by atoms with Crippen LogP contribution in [-0.2, 0) is 11.2 Å². The summed E-state index contributed by atoms with van der Waals surface area (Å²) in [5.41, 5.74) is 1.35. The maximum absolute atomic E-state index is 10.6. The molecule has 13 heavy (non-hydrogen) atoms. The normalized spacial score (nSPS) is 20.6. The summed E-state index contributed by atoms with van der Waals surface area (Å²) in [5.74, 6) is 0.193. The molecule has 68 valence electrons. The van der Waals surface area contributed by atoms with E-state index in [4.69, 9.17) is 0 Å². The zero-order chi connectivity index (χ0) is 9.10. The zero-order valence-corrected chi connectivity index (χ0v) is 7.49. The van der Waals surface area contributed by atoms with Crippen molar-refractivity contribution in [3.8, 4) is 0 Å². The minimum atomic E-state index is 0.193. The largest absolute Gasteiger partial charge is 0.353 e. The van der Waals surface area contributed by atoms with Crippen LogP contribution in [0, 0.1) is 0 Å². The van der Waals surface area contributed by atoms with Gasteiger partial charge in [0.05, 0.1) is 0 Å².